The van der Waals surface area contributed by atoms with E-state index >= 15 is 0 Å². The van der Waals surface area contributed by atoms with Crippen LogP contribution in [0.2, 0.25) is 0 Å². The van der Waals surface area contributed by atoms with Gasteiger partial charge in [-0.05, 0) is 24.3 Å². The number of alkyl halides is 1. The Morgan fingerprint density at radius 2 is 1.94 bits per heavy atom. The van der Waals surface area contributed by atoms with Crippen LogP contribution in [0.15, 0.2) is 33.8 Å². The van der Waals surface area contributed by atoms with E-state index in [-0.39, 0.29) is 16.9 Å². The molecular formula is C10H8BrFN2O3S. The molecule has 0 atom stereocenters. The van der Waals surface area contributed by atoms with Crippen molar-refractivity contribution >= 4 is 26.0 Å². The Bertz CT molecular complexity index is 667. The topological polar surface area (TPSA) is 86.2 Å². The van der Waals surface area contributed by atoms with Crippen molar-refractivity contribution in [2.45, 2.75) is 10.4 Å². The number of hydrogen-bond donors (Lipinski definition) is 1. The summed E-state index contributed by atoms with van der Waals surface area (Å²) in [6, 6.07) is 5.33. The van der Waals surface area contributed by atoms with E-state index in [0.29, 0.717) is 5.56 Å². The molecule has 2 rings (SSSR count). The molecule has 0 spiro atoms. The van der Waals surface area contributed by atoms with Gasteiger partial charge in [0.2, 0.25) is 5.89 Å². The third-order valence-electron chi connectivity index (χ3n) is 2.14. The number of rotatable bonds is 3. The molecule has 0 unspecified atom stereocenters. The van der Waals surface area contributed by atoms with Gasteiger partial charge >= 0.3 is 0 Å². The lowest BCUT2D eigenvalue weighted by molar-refractivity contribution is 0.455. The number of aromatic nitrogens is 1. The molecule has 8 heteroatoms. The molecule has 0 aliphatic carbocycles. The van der Waals surface area contributed by atoms with Crippen molar-refractivity contribution in [1.82, 2.24) is 4.98 Å². The van der Waals surface area contributed by atoms with Crippen LogP contribution in [0.5, 0.6) is 0 Å². The van der Waals surface area contributed by atoms with Crippen LogP contribution < -0.4 is 5.14 Å². The van der Waals surface area contributed by atoms with Crippen molar-refractivity contribution in [3.8, 4) is 11.5 Å². The molecule has 0 saturated heterocycles. The Morgan fingerprint density at radius 3 is 2.39 bits per heavy atom. The van der Waals surface area contributed by atoms with Gasteiger partial charge in [-0.1, -0.05) is 15.9 Å². The van der Waals surface area contributed by atoms with Crippen molar-refractivity contribution < 1.29 is 17.2 Å². The highest BCUT2D eigenvalue weighted by atomic mass is 79.9. The number of sulfonamides is 1. The number of benzene rings is 1. The first-order valence-electron chi connectivity index (χ1n) is 4.76. The van der Waals surface area contributed by atoms with Crippen LogP contribution in [0.3, 0.4) is 0 Å². The fourth-order valence-corrected chi connectivity index (χ4v) is 2.57. The van der Waals surface area contributed by atoms with Crippen LogP contribution in [-0.4, -0.2) is 13.4 Å². The van der Waals surface area contributed by atoms with E-state index in [4.69, 9.17) is 9.56 Å². The second-order valence-electron chi connectivity index (χ2n) is 3.44. The number of halogens is 2. The number of primary sulfonamides is 1. The highest BCUT2D eigenvalue weighted by Crippen LogP contribution is 2.25. The normalized spacial score (nSPS) is 11.7. The molecular weight excluding hydrogens is 327 g/mol. The van der Waals surface area contributed by atoms with Gasteiger partial charge in [-0.2, -0.15) is 0 Å². The summed E-state index contributed by atoms with van der Waals surface area (Å²) in [5, 5.41) is 4.80. The second-order valence-corrected chi connectivity index (χ2v) is 5.46. The van der Waals surface area contributed by atoms with Crippen molar-refractivity contribution in [3.05, 3.63) is 35.8 Å². The van der Waals surface area contributed by atoms with Gasteiger partial charge in [0.25, 0.3) is 15.1 Å². The van der Waals surface area contributed by atoms with Crippen LogP contribution in [0.4, 0.5) is 4.39 Å². The summed E-state index contributed by atoms with van der Waals surface area (Å²) < 4.78 is 40.4. The third kappa shape index (κ3) is 2.60. The summed E-state index contributed by atoms with van der Waals surface area (Å²) in [5.74, 6) is -0.328. The van der Waals surface area contributed by atoms with E-state index in [1.807, 2.05) is 0 Å². The van der Waals surface area contributed by atoms with Gasteiger partial charge in [0.05, 0.1) is 5.33 Å². The minimum atomic E-state index is -3.97. The molecule has 0 aliphatic heterocycles. The first kappa shape index (κ1) is 13.2. The second kappa shape index (κ2) is 4.79. The maximum atomic E-state index is 12.8. The molecule has 2 aromatic rings. The molecule has 0 amide bonds. The van der Waals surface area contributed by atoms with Crippen LogP contribution in [0.25, 0.3) is 11.5 Å². The molecule has 96 valence electrons. The van der Waals surface area contributed by atoms with Crippen LogP contribution >= 0.6 is 15.9 Å². The molecule has 1 heterocycles. The zero-order valence-corrected chi connectivity index (χ0v) is 11.3. The maximum absolute atomic E-state index is 12.8. The lowest BCUT2D eigenvalue weighted by Crippen LogP contribution is -2.12. The van der Waals surface area contributed by atoms with Crippen molar-refractivity contribution in [2.75, 3.05) is 0 Å². The van der Waals surface area contributed by atoms with Gasteiger partial charge in [0, 0.05) is 5.56 Å². The van der Waals surface area contributed by atoms with E-state index in [2.05, 4.69) is 20.9 Å². The molecule has 0 bridgehead atoms. The molecule has 18 heavy (non-hydrogen) atoms. The first-order chi connectivity index (χ1) is 8.41. The molecule has 2 N–H and O–H groups in total. The van der Waals surface area contributed by atoms with Crippen molar-refractivity contribution in [3.63, 3.8) is 0 Å². The average molecular weight is 335 g/mol. The lowest BCUT2D eigenvalue weighted by atomic mass is 10.2. The van der Waals surface area contributed by atoms with E-state index in [9.17, 15) is 12.8 Å². The minimum absolute atomic E-state index is 0.0773. The van der Waals surface area contributed by atoms with Gasteiger partial charge in [0.1, 0.15) is 11.5 Å². The standard InChI is InChI=1S/C10H8BrFN2O3S/c11-5-8-10(18(13,15)16)17-9(14-8)6-1-3-7(12)4-2-6/h1-4H,5H2,(H2,13,15,16). The predicted molar refractivity (Wildman–Crippen MR) is 65.9 cm³/mol. The Labute approximate surface area is 111 Å². The molecule has 0 fully saturated rings. The summed E-state index contributed by atoms with van der Waals surface area (Å²) in [6.45, 7) is 0. The number of nitrogens with zero attached hydrogens (tertiary/aromatic N) is 1. The molecule has 1 aromatic carbocycles. The first-order valence-corrected chi connectivity index (χ1v) is 7.43. The Kier molecular flexibility index (Phi) is 3.51. The maximum Gasteiger partial charge on any atom is 0.273 e. The fourth-order valence-electron chi connectivity index (χ4n) is 1.36. The predicted octanol–water partition coefficient (Wildman–Crippen LogP) is 2.02. The zero-order valence-electron chi connectivity index (χ0n) is 8.93. The molecule has 0 radical (unpaired) electrons. The highest BCUT2D eigenvalue weighted by Gasteiger charge is 2.22. The molecule has 0 saturated carbocycles. The zero-order chi connectivity index (χ0) is 13.3. The van der Waals surface area contributed by atoms with E-state index in [0.717, 1.165) is 0 Å². The van der Waals surface area contributed by atoms with Gasteiger partial charge in [-0.3, -0.25) is 0 Å². The number of nitrogens with two attached hydrogens (primary N) is 1. The van der Waals surface area contributed by atoms with E-state index in [1.165, 1.54) is 24.3 Å². The van der Waals surface area contributed by atoms with Crippen molar-refractivity contribution in [2.24, 2.45) is 5.14 Å². The summed E-state index contributed by atoms with van der Waals surface area (Å²) in [6.07, 6.45) is 0. The van der Waals surface area contributed by atoms with Gasteiger partial charge in [0.15, 0.2) is 0 Å². The van der Waals surface area contributed by atoms with Crippen LogP contribution in [0, 0.1) is 5.82 Å². The average Bonchev–Trinajstić information content (AvgIpc) is 2.73. The quantitative estimate of drug-likeness (QED) is 0.870. The molecule has 1 aromatic heterocycles. The number of hydrogen-bond acceptors (Lipinski definition) is 4. The van der Waals surface area contributed by atoms with E-state index < -0.39 is 20.9 Å². The minimum Gasteiger partial charge on any atom is -0.423 e. The highest BCUT2D eigenvalue weighted by molar-refractivity contribution is 9.08. The summed E-state index contributed by atoms with van der Waals surface area (Å²) >= 11 is 3.10. The largest absolute Gasteiger partial charge is 0.423 e. The lowest BCUT2D eigenvalue weighted by Gasteiger charge is -1.94. The van der Waals surface area contributed by atoms with Crippen LogP contribution in [-0.2, 0) is 15.4 Å². The SMILES string of the molecule is NS(=O)(=O)c1oc(-c2ccc(F)cc2)nc1CBr. The third-order valence-corrected chi connectivity index (χ3v) is 3.50. The summed E-state index contributed by atoms with van der Waals surface area (Å²) in [7, 11) is -3.97. The van der Waals surface area contributed by atoms with Crippen molar-refractivity contribution in [1.29, 1.82) is 0 Å². The Hall–Kier alpha value is -1.25. The smallest absolute Gasteiger partial charge is 0.273 e. The molecule has 0 aliphatic rings. The van der Waals surface area contributed by atoms with E-state index in [1.54, 1.807) is 0 Å². The van der Waals surface area contributed by atoms with Gasteiger partial charge < -0.3 is 4.42 Å². The summed E-state index contributed by atoms with van der Waals surface area (Å²) in [4.78, 5) is 4.00. The van der Waals surface area contributed by atoms with Gasteiger partial charge in [-0.25, -0.2) is 22.9 Å². The molecule has 5 nitrogen and oxygen atoms in total. The Balaban J connectivity index is 2.54. The summed E-state index contributed by atoms with van der Waals surface area (Å²) in [5.41, 5.74) is 0.644. The van der Waals surface area contributed by atoms with Gasteiger partial charge in [-0.15, -0.1) is 0 Å². The Morgan fingerprint density at radius 1 is 1.33 bits per heavy atom. The fraction of sp³-hybridized carbons (Fsp3) is 0.100. The van der Waals surface area contributed by atoms with Crippen LogP contribution in [0.1, 0.15) is 5.69 Å². The number of oxazole rings is 1. The monoisotopic (exact) mass is 334 g/mol.